The molecule has 140 valence electrons. The molecule has 1 aromatic heterocycles. The minimum absolute atomic E-state index is 0.118. The van der Waals surface area contributed by atoms with Crippen molar-refractivity contribution in [2.45, 2.75) is 0 Å². The minimum atomic E-state index is -0.622. The van der Waals surface area contributed by atoms with Crippen molar-refractivity contribution in [2.24, 2.45) is 0 Å². The summed E-state index contributed by atoms with van der Waals surface area (Å²) in [5.74, 6) is -0.961. The van der Waals surface area contributed by atoms with Crippen LogP contribution in [0.3, 0.4) is 0 Å². The Balaban J connectivity index is 1.62. The number of hydrogen-bond donors (Lipinski definition) is 1. The van der Waals surface area contributed by atoms with E-state index in [0.717, 1.165) is 16.6 Å². The number of benzene rings is 2. The van der Waals surface area contributed by atoms with Crippen LogP contribution in [0.1, 0.15) is 5.76 Å². The summed E-state index contributed by atoms with van der Waals surface area (Å²) < 4.78 is 19.0. The van der Waals surface area contributed by atoms with E-state index in [0.29, 0.717) is 16.5 Å². The molecule has 3 aromatic rings. The summed E-state index contributed by atoms with van der Waals surface area (Å²) in [6.07, 6.45) is 1.34. The molecule has 1 fully saturated rings. The summed E-state index contributed by atoms with van der Waals surface area (Å²) >= 11 is 11.7. The van der Waals surface area contributed by atoms with Crippen molar-refractivity contribution in [1.82, 2.24) is 5.43 Å². The third kappa shape index (κ3) is 3.40. The van der Waals surface area contributed by atoms with Crippen LogP contribution >= 0.6 is 23.2 Å². The first-order chi connectivity index (χ1) is 13.4. The Labute approximate surface area is 168 Å². The van der Waals surface area contributed by atoms with Crippen LogP contribution in [0, 0.1) is 5.82 Å². The van der Waals surface area contributed by atoms with E-state index in [2.05, 4.69) is 5.43 Å². The number of rotatable bonds is 3. The highest BCUT2D eigenvalue weighted by atomic mass is 35.5. The first-order valence-corrected chi connectivity index (χ1v) is 8.86. The molecule has 0 bridgehead atoms. The molecular weight excluding hydrogens is 406 g/mol. The Morgan fingerprint density at radius 3 is 2.61 bits per heavy atom. The Kier molecular flexibility index (Phi) is 4.66. The maximum absolute atomic E-state index is 13.3. The average molecular weight is 417 g/mol. The molecule has 1 saturated heterocycles. The number of carbonyl (C=O) groups excluding carboxylic acids is 2. The van der Waals surface area contributed by atoms with E-state index < -0.39 is 17.6 Å². The number of hydrazine groups is 1. The highest BCUT2D eigenvalue weighted by Crippen LogP contribution is 2.28. The Morgan fingerprint density at radius 2 is 1.86 bits per heavy atom. The summed E-state index contributed by atoms with van der Waals surface area (Å²) in [4.78, 5) is 24.9. The smallest absolute Gasteiger partial charge is 0.282 e. The lowest BCUT2D eigenvalue weighted by Gasteiger charge is -2.14. The van der Waals surface area contributed by atoms with Crippen LogP contribution in [-0.4, -0.2) is 11.8 Å². The van der Waals surface area contributed by atoms with Crippen LogP contribution < -0.4 is 10.4 Å². The number of hydrogen-bond acceptors (Lipinski definition) is 3. The SMILES string of the molecule is O=C1NN(c2ccc(F)c(Cl)c2)C(=O)/C1=C/c1ccc(-c2cccc(Cl)c2)o1. The number of halogens is 3. The molecule has 0 saturated carbocycles. The number of anilines is 1. The van der Waals surface area contributed by atoms with Crippen LogP contribution in [0.2, 0.25) is 10.0 Å². The molecule has 5 nitrogen and oxygen atoms in total. The van der Waals surface area contributed by atoms with Crippen molar-refractivity contribution >= 4 is 46.8 Å². The maximum atomic E-state index is 13.3. The topological polar surface area (TPSA) is 62.6 Å². The van der Waals surface area contributed by atoms with Gasteiger partial charge in [-0.2, -0.15) is 0 Å². The molecular formula is C20H11Cl2FN2O3. The van der Waals surface area contributed by atoms with Gasteiger partial charge in [-0.05, 0) is 48.5 Å². The van der Waals surface area contributed by atoms with Gasteiger partial charge in [0.2, 0.25) is 0 Å². The van der Waals surface area contributed by atoms with Gasteiger partial charge in [-0.1, -0.05) is 35.3 Å². The normalized spacial score (nSPS) is 15.4. The van der Waals surface area contributed by atoms with Crippen LogP contribution in [0.25, 0.3) is 17.4 Å². The van der Waals surface area contributed by atoms with E-state index in [1.54, 1.807) is 30.3 Å². The second-order valence-corrected chi connectivity index (χ2v) is 6.79. The second kappa shape index (κ2) is 7.14. The van der Waals surface area contributed by atoms with Crippen molar-refractivity contribution in [3.63, 3.8) is 0 Å². The third-order valence-electron chi connectivity index (χ3n) is 4.08. The van der Waals surface area contributed by atoms with Gasteiger partial charge in [0.15, 0.2) is 0 Å². The van der Waals surface area contributed by atoms with Gasteiger partial charge in [0.1, 0.15) is 22.9 Å². The van der Waals surface area contributed by atoms with Crippen molar-refractivity contribution < 1.29 is 18.4 Å². The van der Waals surface area contributed by atoms with Crippen molar-refractivity contribution in [2.75, 3.05) is 5.01 Å². The van der Waals surface area contributed by atoms with Gasteiger partial charge in [-0.3, -0.25) is 15.0 Å². The minimum Gasteiger partial charge on any atom is -0.457 e. The van der Waals surface area contributed by atoms with E-state index in [1.807, 2.05) is 6.07 Å². The standard InChI is InChI=1S/C20H11Cl2FN2O3/c21-12-3-1-2-11(8-12)18-7-5-14(28-18)10-15-19(26)24-25(20(15)27)13-4-6-17(23)16(22)9-13/h1-10H,(H,24,26)/b15-10+. The number of amides is 2. The fourth-order valence-electron chi connectivity index (χ4n) is 2.73. The van der Waals surface area contributed by atoms with E-state index >= 15 is 0 Å². The lowest BCUT2D eigenvalue weighted by molar-refractivity contribution is -0.117. The molecule has 4 rings (SSSR count). The predicted molar refractivity (Wildman–Crippen MR) is 104 cm³/mol. The molecule has 2 heterocycles. The Hall–Kier alpha value is -3.09. The number of nitrogens with zero attached hydrogens (tertiary/aromatic N) is 1. The number of nitrogens with one attached hydrogen (secondary N) is 1. The lowest BCUT2D eigenvalue weighted by atomic mass is 10.2. The molecule has 0 radical (unpaired) electrons. The van der Waals surface area contributed by atoms with Crippen LogP contribution in [0.15, 0.2) is 64.6 Å². The highest BCUT2D eigenvalue weighted by Gasteiger charge is 2.35. The highest BCUT2D eigenvalue weighted by molar-refractivity contribution is 6.33. The Bertz CT molecular complexity index is 1140. The molecule has 0 unspecified atom stereocenters. The van der Waals surface area contributed by atoms with Crippen LogP contribution in [-0.2, 0) is 9.59 Å². The molecule has 2 aromatic carbocycles. The third-order valence-corrected chi connectivity index (χ3v) is 4.60. The zero-order chi connectivity index (χ0) is 19.8. The monoisotopic (exact) mass is 416 g/mol. The second-order valence-electron chi connectivity index (χ2n) is 5.95. The molecule has 1 N–H and O–H groups in total. The molecule has 0 spiro atoms. The predicted octanol–water partition coefficient (Wildman–Crippen LogP) is 4.85. The van der Waals surface area contributed by atoms with Crippen molar-refractivity contribution in [3.8, 4) is 11.3 Å². The summed E-state index contributed by atoms with van der Waals surface area (Å²) in [5, 5.41) is 1.40. The van der Waals surface area contributed by atoms with Gasteiger partial charge in [0.05, 0.1) is 10.7 Å². The largest absolute Gasteiger partial charge is 0.457 e. The number of furan rings is 1. The molecule has 1 aliphatic heterocycles. The Morgan fingerprint density at radius 1 is 1.04 bits per heavy atom. The lowest BCUT2D eigenvalue weighted by Crippen LogP contribution is -2.35. The van der Waals surface area contributed by atoms with Gasteiger partial charge >= 0.3 is 0 Å². The maximum Gasteiger partial charge on any atom is 0.282 e. The zero-order valence-electron chi connectivity index (χ0n) is 14.1. The first-order valence-electron chi connectivity index (χ1n) is 8.10. The molecule has 28 heavy (non-hydrogen) atoms. The summed E-state index contributed by atoms with van der Waals surface area (Å²) in [7, 11) is 0. The van der Waals surface area contributed by atoms with Gasteiger partial charge in [0.25, 0.3) is 11.8 Å². The molecule has 8 heteroatoms. The summed E-state index contributed by atoms with van der Waals surface area (Å²) in [5.41, 5.74) is 3.31. The van der Waals surface area contributed by atoms with Crippen LogP contribution in [0.5, 0.6) is 0 Å². The van der Waals surface area contributed by atoms with E-state index in [-0.39, 0.29) is 16.3 Å². The molecule has 1 aliphatic rings. The quantitative estimate of drug-likeness (QED) is 0.490. The van der Waals surface area contributed by atoms with E-state index in [1.165, 1.54) is 18.2 Å². The number of carbonyl (C=O) groups is 2. The van der Waals surface area contributed by atoms with Gasteiger partial charge in [0, 0.05) is 10.6 Å². The van der Waals surface area contributed by atoms with E-state index in [4.69, 9.17) is 27.6 Å². The van der Waals surface area contributed by atoms with Crippen molar-refractivity contribution in [3.05, 3.63) is 81.8 Å². The van der Waals surface area contributed by atoms with Gasteiger partial charge < -0.3 is 4.42 Å². The van der Waals surface area contributed by atoms with Gasteiger partial charge in [-0.15, -0.1) is 0 Å². The average Bonchev–Trinajstić information content (AvgIpc) is 3.24. The fraction of sp³-hybridized carbons (Fsp3) is 0. The summed E-state index contributed by atoms with van der Waals surface area (Å²) in [6.45, 7) is 0. The van der Waals surface area contributed by atoms with Crippen molar-refractivity contribution in [1.29, 1.82) is 0 Å². The zero-order valence-corrected chi connectivity index (χ0v) is 15.6. The van der Waals surface area contributed by atoms with Crippen LogP contribution in [0.4, 0.5) is 10.1 Å². The molecule has 2 amide bonds. The fourth-order valence-corrected chi connectivity index (χ4v) is 3.10. The molecule has 0 aliphatic carbocycles. The van der Waals surface area contributed by atoms with Gasteiger partial charge in [-0.25, -0.2) is 9.40 Å². The summed E-state index contributed by atoms with van der Waals surface area (Å²) in [6, 6.07) is 14.2. The molecule has 0 atom stereocenters. The first kappa shape index (κ1) is 18.3. The van der Waals surface area contributed by atoms with E-state index in [9.17, 15) is 14.0 Å².